The molecule has 2 aliphatic rings. The summed E-state index contributed by atoms with van der Waals surface area (Å²) in [5.74, 6) is 0.0632. The van der Waals surface area contributed by atoms with Crippen molar-refractivity contribution in [1.29, 1.82) is 0 Å². The van der Waals surface area contributed by atoms with E-state index in [9.17, 15) is 14.4 Å². The van der Waals surface area contributed by atoms with E-state index in [1.165, 1.54) is 4.90 Å². The second kappa shape index (κ2) is 7.86. The van der Waals surface area contributed by atoms with E-state index in [0.717, 1.165) is 42.5 Å². The molecule has 0 atom stereocenters. The number of aromatic nitrogens is 2. The Balaban J connectivity index is 1.56. The summed E-state index contributed by atoms with van der Waals surface area (Å²) in [6.07, 6.45) is 1.71. The molecular formula is C22H29N5O4. The van der Waals surface area contributed by atoms with Crippen molar-refractivity contribution in [3.63, 3.8) is 0 Å². The van der Waals surface area contributed by atoms with Crippen LogP contribution in [0.25, 0.3) is 10.9 Å². The van der Waals surface area contributed by atoms with Gasteiger partial charge in [0.2, 0.25) is 5.91 Å². The topological polar surface area (TPSA) is 96.8 Å². The molecule has 2 fully saturated rings. The second-order valence-corrected chi connectivity index (χ2v) is 9.17. The normalized spacial score (nSPS) is 18.5. The van der Waals surface area contributed by atoms with Crippen molar-refractivity contribution < 1.29 is 19.1 Å². The molecule has 1 aromatic heterocycles. The molecule has 31 heavy (non-hydrogen) atoms. The Morgan fingerprint density at radius 1 is 1.16 bits per heavy atom. The minimum absolute atomic E-state index is 0.0913. The summed E-state index contributed by atoms with van der Waals surface area (Å²) < 4.78 is 7.34. The van der Waals surface area contributed by atoms with Gasteiger partial charge in [0.25, 0.3) is 0 Å². The molecular weight excluding hydrogens is 398 g/mol. The first-order valence-electron chi connectivity index (χ1n) is 10.7. The highest BCUT2D eigenvalue weighted by Crippen LogP contribution is 2.35. The highest BCUT2D eigenvalue weighted by Gasteiger charge is 2.32. The van der Waals surface area contributed by atoms with E-state index in [1.54, 1.807) is 4.68 Å². The molecule has 0 spiro atoms. The average molecular weight is 428 g/mol. The van der Waals surface area contributed by atoms with Crippen LogP contribution in [0.5, 0.6) is 0 Å². The number of para-hydroxylation sites is 1. The number of rotatable bonds is 3. The second-order valence-electron chi connectivity index (χ2n) is 9.17. The zero-order chi connectivity index (χ0) is 22.3. The van der Waals surface area contributed by atoms with Crippen molar-refractivity contribution in [2.45, 2.75) is 45.6 Å². The molecule has 0 unspecified atom stereocenters. The lowest BCUT2D eigenvalue weighted by molar-refractivity contribution is -0.160. The Kier molecular flexibility index (Phi) is 5.36. The van der Waals surface area contributed by atoms with E-state index in [-0.39, 0.29) is 24.2 Å². The highest BCUT2D eigenvalue weighted by molar-refractivity contribution is 6.10. The number of fused-ring (bicyclic) bond motifs is 1. The number of nitrogens with zero attached hydrogens (tertiary/aromatic N) is 4. The van der Waals surface area contributed by atoms with Crippen molar-refractivity contribution in [3.8, 4) is 0 Å². The summed E-state index contributed by atoms with van der Waals surface area (Å²) in [5, 5.41) is 7.81. The largest absolute Gasteiger partial charge is 0.460 e. The van der Waals surface area contributed by atoms with Crippen molar-refractivity contribution in [2.75, 3.05) is 29.4 Å². The molecule has 0 aliphatic carbocycles. The summed E-state index contributed by atoms with van der Waals surface area (Å²) in [7, 11) is 1.86. The molecule has 4 rings (SSSR count). The lowest BCUT2D eigenvalue weighted by Gasteiger charge is -2.34. The van der Waals surface area contributed by atoms with Crippen LogP contribution < -0.4 is 15.1 Å². The van der Waals surface area contributed by atoms with E-state index >= 15 is 0 Å². The number of carbonyl (C=O) groups excluding carboxylic acids is 3. The van der Waals surface area contributed by atoms with E-state index in [4.69, 9.17) is 4.74 Å². The number of nitrogens with one attached hydrogen (secondary N) is 1. The molecule has 166 valence electrons. The summed E-state index contributed by atoms with van der Waals surface area (Å²) in [6, 6.07) is 5.50. The zero-order valence-electron chi connectivity index (χ0n) is 18.5. The van der Waals surface area contributed by atoms with Gasteiger partial charge in [-0.15, -0.1) is 0 Å². The van der Waals surface area contributed by atoms with Gasteiger partial charge in [-0.3, -0.25) is 24.5 Å². The number of amides is 3. The SMILES string of the molecule is Cn1nc(N2CCC(=O)NC2=O)c2cccc(N3CCC(C(=O)OC(C)(C)C)CC3)c21. The van der Waals surface area contributed by atoms with Gasteiger partial charge >= 0.3 is 12.0 Å². The molecule has 9 heteroatoms. The zero-order valence-corrected chi connectivity index (χ0v) is 18.5. The number of esters is 1. The Hall–Kier alpha value is -3.10. The molecule has 0 saturated carbocycles. The fourth-order valence-corrected chi connectivity index (χ4v) is 4.26. The van der Waals surface area contributed by atoms with Gasteiger partial charge in [0, 0.05) is 38.5 Å². The number of urea groups is 1. The Labute approximate surface area is 181 Å². The highest BCUT2D eigenvalue weighted by atomic mass is 16.6. The van der Waals surface area contributed by atoms with Crippen LogP contribution >= 0.6 is 0 Å². The third-order valence-corrected chi connectivity index (χ3v) is 5.71. The monoisotopic (exact) mass is 427 g/mol. The fraction of sp³-hybridized carbons (Fsp3) is 0.545. The van der Waals surface area contributed by atoms with Crippen LogP contribution in [0.3, 0.4) is 0 Å². The first kappa shape index (κ1) is 21.1. The number of imide groups is 1. The van der Waals surface area contributed by atoms with Gasteiger partial charge in [0.05, 0.1) is 17.1 Å². The van der Waals surface area contributed by atoms with Crippen molar-refractivity contribution in [2.24, 2.45) is 13.0 Å². The molecule has 9 nitrogen and oxygen atoms in total. The van der Waals surface area contributed by atoms with Gasteiger partial charge in [-0.2, -0.15) is 5.10 Å². The maximum atomic E-state index is 12.4. The Morgan fingerprint density at radius 3 is 2.52 bits per heavy atom. The van der Waals surface area contributed by atoms with E-state index < -0.39 is 11.6 Å². The van der Waals surface area contributed by atoms with E-state index in [0.29, 0.717) is 12.4 Å². The molecule has 0 radical (unpaired) electrons. The van der Waals surface area contributed by atoms with Crippen LogP contribution in [0.4, 0.5) is 16.3 Å². The molecule has 0 bridgehead atoms. The minimum atomic E-state index is -0.476. The Morgan fingerprint density at radius 2 is 1.87 bits per heavy atom. The number of hydrogen-bond acceptors (Lipinski definition) is 6. The van der Waals surface area contributed by atoms with Crippen LogP contribution in [0.15, 0.2) is 18.2 Å². The van der Waals surface area contributed by atoms with Gasteiger partial charge in [0.15, 0.2) is 5.82 Å². The maximum absolute atomic E-state index is 12.4. The van der Waals surface area contributed by atoms with Crippen LogP contribution in [0.2, 0.25) is 0 Å². The molecule has 2 aromatic rings. The van der Waals surface area contributed by atoms with E-state index in [1.807, 2.05) is 46.0 Å². The van der Waals surface area contributed by atoms with Gasteiger partial charge in [0.1, 0.15) is 5.60 Å². The van der Waals surface area contributed by atoms with Crippen LogP contribution in [-0.2, 0) is 21.4 Å². The third kappa shape index (κ3) is 4.22. The fourth-order valence-electron chi connectivity index (χ4n) is 4.26. The minimum Gasteiger partial charge on any atom is -0.460 e. The first-order chi connectivity index (χ1) is 14.6. The number of ether oxygens (including phenoxy) is 1. The molecule has 3 amide bonds. The number of hydrogen-bond donors (Lipinski definition) is 1. The predicted octanol–water partition coefficient (Wildman–Crippen LogP) is 2.58. The molecule has 1 aromatic carbocycles. The standard InChI is InChI=1S/C22H29N5O4/c1-22(2,3)31-20(29)14-8-11-26(12-9-14)16-7-5-6-15-18(16)25(4)24-19(15)27-13-10-17(28)23-21(27)30/h5-7,14H,8-13H2,1-4H3,(H,23,28,30). The van der Waals surface area contributed by atoms with Gasteiger partial charge in [-0.25, -0.2) is 4.79 Å². The van der Waals surface area contributed by atoms with E-state index in [2.05, 4.69) is 15.3 Å². The third-order valence-electron chi connectivity index (χ3n) is 5.71. The first-order valence-corrected chi connectivity index (χ1v) is 10.7. The maximum Gasteiger partial charge on any atom is 0.329 e. The van der Waals surface area contributed by atoms with Gasteiger partial charge in [-0.05, 0) is 45.7 Å². The smallest absolute Gasteiger partial charge is 0.329 e. The van der Waals surface area contributed by atoms with Crippen molar-refractivity contribution >= 4 is 40.3 Å². The quantitative estimate of drug-likeness (QED) is 0.757. The number of carbonyl (C=O) groups is 3. The predicted molar refractivity (Wildman–Crippen MR) is 117 cm³/mol. The number of benzene rings is 1. The lowest BCUT2D eigenvalue weighted by atomic mass is 9.96. The summed E-state index contributed by atoms with van der Waals surface area (Å²) in [6.45, 7) is 7.45. The van der Waals surface area contributed by atoms with Gasteiger partial charge < -0.3 is 9.64 Å². The number of piperidine rings is 1. The van der Waals surface area contributed by atoms with Gasteiger partial charge in [-0.1, -0.05) is 6.07 Å². The lowest BCUT2D eigenvalue weighted by Crippen LogP contribution is -2.49. The molecule has 3 heterocycles. The average Bonchev–Trinajstić information content (AvgIpc) is 3.03. The summed E-state index contributed by atoms with van der Waals surface area (Å²) >= 11 is 0. The van der Waals surface area contributed by atoms with Crippen LogP contribution in [0, 0.1) is 5.92 Å². The summed E-state index contributed by atoms with van der Waals surface area (Å²) in [4.78, 5) is 40.0. The number of aryl methyl sites for hydroxylation is 1. The Bertz CT molecular complexity index is 1030. The molecule has 2 aliphatic heterocycles. The van der Waals surface area contributed by atoms with Crippen molar-refractivity contribution in [1.82, 2.24) is 15.1 Å². The van der Waals surface area contributed by atoms with Crippen molar-refractivity contribution in [3.05, 3.63) is 18.2 Å². The summed E-state index contributed by atoms with van der Waals surface area (Å²) in [5.41, 5.74) is 1.48. The van der Waals surface area contributed by atoms with Crippen LogP contribution in [-0.4, -0.2) is 52.9 Å². The van der Waals surface area contributed by atoms with Crippen LogP contribution in [0.1, 0.15) is 40.0 Å². The molecule has 2 saturated heterocycles. The number of anilines is 2. The molecule has 1 N–H and O–H groups in total.